The molecule has 0 N–H and O–H groups in total. The number of fused-ring (bicyclic) bond motifs is 1. The largest absolute Gasteiger partial charge is 0.312 e. The molecule has 0 bridgehead atoms. The molecule has 4 rings (SSSR count). The molecule has 1 aliphatic heterocycles. The first kappa shape index (κ1) is 19.1. The van der Waals surface area contributed by atoms with Gasteiger partial charge in [-0.1, -0.05) is 6.07 Å². The lowest BCUT2D eigenvalue weighted by Crippen LogP contribution is -2.33. The van der Waals surface area contributed by atoms with E-state index in [2.05, 4.69) is 17.1 Å². The lowest BCUT2D eigenvalue weighted by Gasteiger charge is -2.22. The molecular formula is C24H25N3O2. The zero-order valence-corrected chi connectivity index (χ0v) is 17.2. The second-order valence-electron chi connectivity index (χ2n) is 8.10. The Hall–Kier alpha value is -3.21. The number of carbonyl (C=O) groups excluding carboxylic acids is 1. The van der Waals surface area contributed by atoms with Crippen molar-refractivity contribution < 1.29 is 4.79 Å². The first-order valence-electron chi connectivity index (χ1n) is 9.98. The molecule has 0 saturated carbocycles. The van der Waals surface area contributed by atoms with E-state index in [-0.39, 0.29) is 23.6 Å². The van der Waals surface area contributed by atoms with Crippen molar-refractivity contribution in [3.8, 4) is 22.3 Å². The summed E-state index contributed by atoms with van der Waals surface area (Å²) in [7, 11) is 0. The number of pyridine rings is 2. The van der Waals surface area contributed by atoms with Gasteiger partial charge in [-0.15, -0.1) is 0 Å². The standard InChI is InChI=1S/C24H25N3O2/c1-15(2)26-14-18(6-8-23(26)28)21-10-20(12-25-13-21)17-5-7-22-19(9-17)11-24(29)27(22)16(3)4/h5-10,12-16H,11H2,1-4H3. The molecule has 1 aliphatic rings. The maximum atomic E-state index is 12.4. The third-order valence-corrected chi connectivity index (χ3v) is 5.37. The molecular weight excluding hydrogens is 362 g/mol. The van der Waals surface area contributed by atoms with Crippen LogP contribution in [0.2, 0.25) is 0 Å². The van der Waals surface area contributed by atoms with E-state index in [1.165, 1.54) is 0 Å². The topological polar surface area (TPSA) is 55.2 Å². The van der Waals surface area contributed by atoms with Crippen LogP contribution in [0.3, 0.4) is 0 Å². The molecule has 5 nitrogen and oxygen atoms in total. The highest BCUT2D eigenvalue weighted by molar-refractivity contribution is 6.02. The molecule has 0 aliphatic carbocycles. The van der Waals surface area contributed by atoms with E-state index in [4.69, 9.17) is 0 Å². The maximum Gasteiger partial charge on any atom is 0.250 e. The molecule has 3 aromatic rings. The number of amides is 1. The molecule has 1 aromatic carbocycles. The average Bonchev–Trinajstić information content (AvgIpc) is 3.03. The van der Waals surface area contributed by atoms with Crippen LogP contribution < -0.4 is 10.5 Å². The van der Waals surface area contributed by atoms with Crippen LogP contribution in [-0.4, -0.2) is 21.5 Å². The number of hydrogen-bond acceptors (Lipinski definition) is 3. The molecule has 0 saturated heterocycles. The Labute approximate surface area is 170 Å². The smallest absolute Gasteiger partial charge is 0.250 e. The van der Waals surface area contributed by atoms with Crippen LogP contribution in [0.1, 0.15) is 39.3 Å². The van der Waals surface area contributed by atoms with Crippen molar-refractivity contribution in [1.82, 2.24) is 9.55 Å². The van der Waals surface area contributed by atoms with Gasteiger partial charge in [0, 0.05) is 53.6 Å². The third kappa shape index (κ3) is 3.48. The molecule has 0 unspecified atom stereocenters. The minimum Gasteiger partial charge on any atom is -0.312 e. The molecule has 0 radical (unpaired) electrons. The Morgan fingerprint density at radius 2 is 1.52 bits per heavy atom. The normalized spacial score (nSPS) is 13.4. The fourth-order valence-corrected chi connectivity index (χ4v) is 3.92. The quantitative estimate of drug-likeness (QED) is 0.664. The highest BCUT2D eigenvalue weighted by Gasteiger charge is 2.29. The predicted octanol–water partition coefficient (Wildman–Crippen LogP) is 4.46. The van der Waals surface area contributed by atoms with Crippen LogP contribution in [-0.2, 0) is 11.2 Å². The fraction of sp³-hybridized carbons (Fsp3) is 0.292. The van der Waals surface area contributed by atoms with Crippen molar-refractivity contribution in [2.75, 3.05) is 4.90 Å². The molecule has 0 spiro atoms. The first-order valence-corrected chi connectivity index (χ1v) is 9.98. The number of benzene rings is 1. The zero-order chi connectivity index (χ0) is 20.7. The van der Waals surface area contributed by atoms with E-state index in [0.717, 1.165) is 33.5 Å². The van der Waals surface area contributed by atoms with E-state index in [1.807, 2.05) is 69.4 Å². The lowest BCUT2D eigenvalue weighted by atomic mass is 10.00. The molecule has 5 heteroatoms. The summed E-state index contributed by atoms with van der Waals surface area (Å²) in [5.41, 5.74) is 5.98. The number of aromatic nitrogens is 2. The van der Waals surface area contributed by atoms with Gasteiger partial charge >= 0.3 is 0 Å². The maximum absolute atomic E-state index is 12.4. The summed E-state index contributed by atoms with van der Waals surface area (Å²) in [6.07, 6.45) is 5.97. The van der Waals surface area contributed by atoms with Gasteiger partial charge in [0.05, 0.1) is 6.42 Å². The highest BCUT2D eigenvalue weighted by Crippen LogP contribution is 2.34. The average molecular weight is 387 g/mol. The monoisotopic (exact) mass is 387 g/mol. The van der Waals surface area contributed by atoms with Gasteiger partial charge in [0.25, 0.3) is 5.56 Å². The van der Waals surface area contributed by atoms with Crippen LogP contribution in [0.4, 0.5) is 5.69 Å². The lowest BCUT2D eigenvalue weighted by molar-refractivity contribution is -0.117. The summed E-state index contributed by atoms with van der Waals surface area (Å²) in [5, 5.41) is 0. The van der Waals surface area contributed by atoms with Crippen LogP contribution >= 0.6 is 0 Å². The van der Waals surface area contributed by atoms with Gasteiger partial charge in [-0.2, -0.15) is 0 Å². The highest BCUT2D eigenvalue weighted by atomic mass is 16.2. The van der Waals surface area contributed by atoms with Crippen molar-refractivity contribution in [2.45, 2.75) is 46.2 Å². The number of nitrogens with zero attached hydrogens (tertiary/aromatic N) is 3. The molecule has 0 atom stereocenters. The first-order chi connectivity index (χ1) is 13.8. The van der Waals surface area contributed by atoms with Gasteiger partial charge in [-0.05, 0) is 68.7 Å². The van der Waals surface area contributed by atoms with Gasteiger partial charge in [0.15, 0.2) is 0 Å². The van der Waals surface area contributed by atoms with Crippen molar-refractivity contribution >= 4 is 11.6 Å². The summed E-state index contributed by atoms with van der Waals surface area (Å²) in [4.78, 5) is 30.7. The van der Waals surface area contributed by atoms with Gasteiger partial charge in [0.2, 0.25) is 5.91 Å². The van der Waals surface area contributed by atoms with Crippen LogP contribution in [0, 0.1) is 0 Å². The SMILES string of the molecule is CC(C)N1C(=O)Cc2cc(-c3cncc(-c4ccc(=O)n(C(C)C)c4)c3)ccc21. The van der Waals surface area contributed by atoms with Crippen molar-refractivity contribution in [3.63, 3.8) is 0 Å². The Bertz CT molecular complexity index is 1140. The number of hydrogen-bond donors (Lipinski definition) is 0. The molecule has 29 heavy (non-hydrogen) atoms. The zero-order valence-electron chi connectivity index (χ0n) is 17.2. The fourth-order valence-electron chi connectivity index (χ4n) is 3.92. The number of rotatable bonds is 4. The molecule has 0 fully saturated rings. The van der Waals surface area contributed by atoms with E-state index in [9.17, 15) is 9.59 Å². The van der Waals surface area contributed by atoms with E-state index < -0.39 is 0 Å². The summed E-state index contributed by atoms with van der Waals surface area (Å²) in [6.45, 7) is 8.05. The molecule has 1 amide bonds. The van der Waals surface area contributed by atoms with Crippen molar-refractivity contribution in [1.29, 1.82) is 0 Å². The van der Waals surface area contributed by atoms with Gasteiger partial charge in [-0.3, -0.25) is 14.6 Å². The summed E-state index contributed by atoms with van der Waals surface area (Å²) >= 11 is 0. The second kappa shape index (κ2) is 7.32. The van der Waals surface area contributed by atoms with Crippen LogP contribution in [0.25, 0.3) is 22.3 Å². The number of anilines is 1. The van der Waals surface area contributed by atoms with Gasteiger partial charge < -0.3 is 9.47 Å². The van der Waals surface area contributed by atoms with E-state index in [0.29, 0.717) is 6.42 Å². The van der Waals surface area contributed by atoms with Crippen LogP contribution in [0.5, 0.6) is 0 Å². The summed E-state index contributed by atoms with van der Waals surface area (Å²) < 4.78 is 1.73. The Kier molecular flexibility index (Phi) is 4.82. The van der Waals surface area contributed by atoms with E-state index >= 15 is 0 Å². The van der Waals surface area contributed by atoms with Crippen molar-refractivity contribution in [2.24, 2.45) is 0 Å². The predicted molar refractivity (Wildman–Crippen MR) is 116 cm³/mol. The molecule has 148 valence electrons. The second-order valence-corrected chi connectivity index (χ2v) is 8.10. The van der Waals surface area contributed by atoms with E-state index in [1.54, 1.807) is 10.6 Å². The summed E-state index contributed by atoms with van der Waals surface area (Å²) in [5.74, 6) is 0.148. The Balaban J connectivity index is 1.72. The Morgan fingerprint density at radius 1 is 0.828 bits per heavy atom. The number of carbonyl (C=O) groups is 1. The molecule has 3 heterocycles. The minimum atomic E-state index is -0.00846. The Morgan fingerprint density at radius 3 is 2.21 bits per heavy atom. The minimum absolute atomic E-state index is 0.00846. The summed E-state index contributed by atoms with van der Waals surface area (Å²) in [6, 6.07) is 11.9. The third-order valence-electron chi connectivity index (χ3n) is 5.37. The van der Waals surface area contributed by atoms with Gasteiger partial charge in [0.1, 0.15) is 0 Å². The van der Waals surface area contributed by atoms with Crippen LogP contribution in [0.15, 0.2) is 59.8 Å². The van der Waals surface area contributed by atoms with Crippen molar-refractivity contribution in [3.05, 3.63) is 70.9 Å². The molecule has 2 aromatic heterocycles. The van der Waals surface area contributed by atoms with Gasteiger partial charge in [-0.25, -0.2) is 0 Å².